The topological polar surface area (TPSA) is 110 Å². The molecule has 5 N–H and O–H groups in total. The fourth-order valence-corrected chi connectivity index (χ4v) is 1.32. The van der Waals surface area contributed by atoms with Gasteiger partial charge in [0.2, 0.25) is 5.79 Å². The van der Waals surface area contributed by atoms with Crippen LogP contribution in [0.2, 0.25) is 0 Å². The lowest BCUT2D eigenvalue weighted by Gasteiger charge is -2.43. The van der Waals surface area contributed by atoms with Gasteiger partial charge in [-0.3, -0.25) is 0 Å². The molecule has 0 aromatic rings. The van der Waals surface area contributed by atoms with Crippen LogP contribution in [0.5, 0.6) is 0 Å². The first-order valence-electron chi connectivity index (χ1n) is 3.97. The number of hydrogen-bond acceptors (Lipinski definition) is 6. The van der Waals surface area contributed by atoms with Crippen molar-refractivity contribution in [2.75, 3.05) is 6.61 Å². The maximum absolute atomic E-state index is 9.41. The first kappa shape index (κ1) is 10.8. The zero-order valence-corrected chi connectivity index (χ0v) is 7.16. The molecule has 0 aromatic heterocycles. The molecule has 1 fully saturated rings. The molecule has 1 aliphatic rings. The summed E-state index contributed by atoms with van der Waals surface area (Å²) in [5, 5.41) is 45.8. The van der Waals surface area contributed by atoms with Crippen molar-refractivity contribution < 1.29 is 30.3 Å². The van der Waals surface area contributed by atoms with Gasteiger partial charge in [0.1, 0.15) is 18.3 Å². The summed E-state index contributed by atoms with van der Waals surface area (Å²) in [6, 6.07) is 0. The van der Waals surface area contributed by atoms with E-state index in [9.17, 15) is 20.4 Å². The fraction of sp³-hybridized carbons (Fsp3) is 1.00. The first-order chi connectivity index (χ1) is 5.92. The average Bonchev–Trinajstić information content (AvgIpc) is 2.12. The Morgan fingerprint density at radius 1 is 1.23 bits per heavy atom. The summed E-state index contributed by atoms with van der Waals surface area (Å²) in [4.78, 5) is 0. The maximum atomic E-state index is 9.41. The van der Waals surface area contributed by atoms with Gasteiger partial charge in [-0.15, -0.1) is 0 Å². The highest BCUT2D eigenvalue weighted by atomic mass is 16.7. The second-order valence-electron chi connectivity index (χ2n) is 3.25. The van der Waals surface area contributed by atoms with Crippen LogP contribution in [0.3, 0.4) is 0 Å². The monoisotopic (exact) mass is 194 g/mol. The highest BCUT2D eigenvalue weighted by Gasteiger charge is 2.51. The van der Waals surface area contributed by atoms with E-state index in [4.69, 9.17) is 9.84 Å². The molecule has 1 heterocycles. The zero-order chi connectivity index (χ0) is 10.2. The quantitative estimate of drug-likeness (QED) is 0.308. The molecule has 5 atom stereocenters. The summed E-state index contributed by atoms with van der Waals surface area (Å²) in [5.41, 5.74) is 0. The van der Waals surface area contributed by atoms with Crippen molar-refractivity contribution in [2.24, 2.45) is 0 Å². The minimum absolute atomic E-state index is 0.845. The average molecular weight is 194 g/mol. The standard InChI is InChI=1S/C7H14O6/c1-3-4(9)5(10)6(11)7(12,2-8)13-3/h3-6,8-12H,2H2,1H3. The zero-order valence-electron chi connectivity index (χ0n) is 7.16. The lowest BCUT2D eigenvalue weighted by Crippen LogP contribution is -2.65. The predicted molar refractivity (Wildman–Crippen MR) is 40.6 cm³/mol. The van der Waals surface area contributed by atoms with Gasteiger partial charge in [0.05, 0.1) is 12.7 Å². The van der Waals surface area contributed by atoms with E-state index in [1.165, 1.54) is 6.92 Å². The lowest BCUT2D eigenvalue weighted by atomic mass is 9.93. The molecule has 0 bridgehead atoms. The van der Waals surface area contributed by atoms with E-state index in [0.29, 0.717) is 0 Å². The Labute approximate surface area is 75.0 Å². The summed E-state index contributed by atoms with van der Waals surface area (Å²) in [5.74, 6) is -2.20. The minimum atomic E-state index is -2.20. The molecule has 1 rings (SSSR count). The molecule has 0 aliphatic carbocycles. The summed E-state index contributed by atoms with van der Waals surface area (Å²) in [6.45, 7) is 0.572. The van der Waals surface area contributed by atoms with Crippen molar-refractivity contribution in [1.29, 1.82) is 0 Å². The van der Waals surface area contributed by atoms with Crippen molar-refractivity contribution in [3.05, 3.63) is 0 Å². The van der Waals surface area contributed by atoms with Crippen LogP contribution < -0.4 is 0 Å². The molecule has 1 aliphatic heterocycles. The van der Waals surface area contributed by atoms with Crippen molar-refractivity contribution >= 4 is 0 Å². The molecule has 5 unspecified atom stereocenters. The van der Waals surface area contributed by atoms with Crippen LogP contribution in [0.4, 0.5) is 0 Å². The van der Waals surface area contributed by atoms with Gasteiger partial charge in [-0.2, -0.15) is 0 Å². The maximum Gasteiger partial charge on any atom is 0.219 e. The van der Waals surface area contributed by atoms with E-state index in [-0.39, 0.29) is 0 Å². The predicted octanol–water partition coefficient (Wildman–Crippen LogP) is -2.83. The molecule has 0 saturated carbocycles. The van der Waals surface area contributed by atoms with Crippen LogP contribution in [-0.2, 0) is 4.74 Å². The number of hydrogen-bond donors (Lipinski definition) is 5. The Balaban J connectivity index is 2.82. The number of rotatable bonds is 1. The molecule has 0 aromatic carbocycles. The Morgan fingerprint density at radius 2 is 1.77 bits per heavy atom. The molecule has 13 heavy (non-hydrogen) atoms. The van der Waals surface area contributed by atoms with E-state index in [0.717, 1.165) is 0 Å². The third kappa shape index (κ3) is 1.69. The van der Waals surface area contributed by atoms with Crippen LogP contribution >= 0.6 is 0 Å². The van der Waals surface area contributed by atoms with Gasteiger partial charge in [0, 0.05) is 0 Å². The third-order valence-corrected chi connectivity index (χ3v) is 2.23. The third-order valence-electron chi connectivity index (χ3n) is 2.23. The second-order valence-corrected chi connectivity index (χ2v) is 3.25. The molecule has 0 amide bonds. The lowest BCUT2D eigenvalue weighted by molar-refractivity contribution is -0.351. The minimum Gasteiger partial charge on any atom is -0.391 e. The molecule has 0 radical (unpaired) electrons. The summed E-state index contributed by atoms with van der Waals surface area (Å²) in [6.07, 6.45) is -5.37. The number of aliphatic hydroxyl groups is 5. The smallest absolute Gasteiger partial charge is 0.219 e. The van der Waals surface area contributed by atoms with Crippen molar-refractivity contribution in [1.82, 2.24) is 0 Å². The Morgan fingerprint density at radius 3 is 2.23 bits per heavy atom. The Kier molecular flexibility index (Phi) is 2.91. The van der Waals surface area contributed by atoms with Crippen LogP contribution in [0.1, 0.15) is 6.92 Å². The van der Waals surface area contributed by atoms with Gasteiger partial charge in [0.15, 0.2) is 0 Å². The first-order valence-corrected chi connectivity index (χ1v) is 3.97. The van der Waals surface area contributed by atoms with Gasteiger partial charge in [-0.25, -0.2) is 0 Å². The normalized spacial score (nSPS) is 52.2. The van der Waals surface area contributed by atoms with E-state index >= 15 is 0 Å². The summed E-state index contributed by atoms with van der Waals surface area (Å²) >= 11 is 0. The van der Waals surface area contributed by atoms with Crippen LogP contribution in [0, 0.1) is 0 Å². The van der Waals surface area contributed by atoms with Crippen molar-refractivity contribution in [3.8, 4) is 0 Å². The summed E-state index contributed by atoms with van der Waals surface area (Å²) in [7, 11) is 0. The SMILES string of the molecule is CC1OC(O)(CO)C(O)C(O)C1O. The number of aliphatic hydroxyl groups excluding tert-OH is 4. The van der Waals surface area contributed by atoms with Crippen LogP contribution in [0.15, 0.2) is 0 Å². The highest BCUT2D eigenvalue weighted by molar-refractivity contribution is 4.94. The highest BCUT2D eigenvalue weighted by Crippen LogP contribution is 2.27. The van der Waals surface area contributed by atoms with Gasteiger partial charge >= 0.3 is 0 Å². The number of ether oxygens (including phenoxy) is 1. The van der Waals surface area contributed by atoms with Gasteiger partial charge < -0.3 is 30.3 Å². The molecule has 6 nitrogen and oxygen atoms in total. The molecule has 6 heteroatoms. The summed E-state index contributed by atoms with van der Waals surface area (Å²) < 4.78 is 4.76. The molecule has 1 saturated heterocycles. The Bertz CT molecular complexity index is 186. The largest absolute Gasteiger partial charge is 0.391 e. The van der Waals surface area contributed by atoms with E-state index in [2.05, 4.69) is 0 Å². The van der Waals surface area contributed by atoms with Gasteiger partial charge in [-0.05, 0) is 6.92 Å². The second kappa shape index (κ2) is 3.49. The van der Waals surface area contributed by atoms with Crippen molar-refractivity contribution in [2.45, 2.75) is 37.1 Å². The van der Waals surface area contributed by atoms with E-state index < -0.39 is 36.8 Å². The fourth-order valence-electron chi connectivity index (χ4n) is 1.32. The van der Waals surface area contributed by atoms with Crippen LogP contribution in [-0.4, -0.2) is 62.3 Å². The van der Waals surface area contributed by atoms with Crippen molar-refractivity contribution in [3.63, 3.8) is 0 Å². The van der Waals surface area contributed by atoms with E-state index in [1.54, 1.807) is 0 Å². The van der Waals surface area contributed by atoms with Crippen LogP contribution in [0.25, 0.3) is 0 Å². The molecule has 0 spiro atoms. The molecular formula is C7H14O6. The molecular weight excluding hydrogens is 180 g/mol. The Hall–Kier alpha value is -0.240. The van der Waals surface area contributed by atoms with Gasteiger partial charge in [0.25, 0.3) is 0 Å². The van der Waals surface area contributed by atoms with E-state index in [1.807, 2.05) is 0 Å². The molecule has 78 valence electrons. The van der Waals surface area contributed by atoms with Gasteiger partial charge in [-0.1, -0.05) is 0 Å².